The number of hydrogen-bond acceptors (Lipinski definition) is 5. The van der Waals surface area contributed by atoms with Gasteiger partial charge in [-0.25, -0.2) is 5.01 Å². The fraction of sp³-hybridized carbons (Fsp3) is 0.480. The summed E-state index contributed by atoms with van der Waals surface area (Å²) in [6, 6.07) is 7.10. The number of allylic oxidation sites excluding steroid dienone is 1. The van der Waals surface area contributed by atoms with Crippen molar-refractivity contribution in [2.45, 2.75) is 52.0 Å². The molecule has 2 aromatic rings. The van der Waals surface area contributed by atoms with Crippen molar-refractivity contribution in [3.8, 4) is 0 Å². The molecule has 2 aliphatic heterocycles. The molecule has 1 aromatic carbocycles. The molecule has 0 bridgehead atoms. The molecule has 0 unspecified atom stereocenters. The maximum Gasteiger partial charge on any atom is 0.265 e. The van der Waals surface area contributed by atoms with Crippen molar-refractivity contribution in [3.05, 3.63) is 46.8 Å². The normalized spacial score (nSPS) is 20.9. The first-order valence-corrected chi connectivity index (χ1v) is 11.6. The van der Waals surface area contributed by atoms with E-state index in [2.05, 4.69) is 36.2 Å². The van der Waals surface area contributed by atoms with Crippen molar-refractivity contribution in [3.63, 3.8) is 0 Å². The summed E-state index contributed by atoms with van der Waals surface area (Å²) in [5, 5.41) is 2.99. The van der Waals surface area contributed by atoms with E-state index in [-0.39, 0.29) is 22.6 Å². The van der Waals surface area contributed by atoms with Gasteiger partial charge < -0.3 is 21.0 Å². The zero-order valence-electron chi connectivity index (χ0n) is 19.5. The third-order valence-corrected chi connectivity index (χ3v) is 7.41. The molecule has 3 heterocycles. The van der Waals surface area contributed by atoms with Gasteiger partial charge in [-0.2, -0.15) is 0 Å². The molecule has 0 saturated carbocycles. The maximum atomic E-state index is 13.2. The summed E-state index contributed by atoms with van der Waals surface area (Å²) in [7, 11) is 0. The quantitative estimate of drug-likeness (QED) is 0.653. The van der Waals surface area contributed by atoms with Crippen LogP contribution in [0, 0.1) is 5.41 Å². The van der Waals surface area contributed by atoms with E-state index in [1.54, 1.807) is 18.2 Å². The third-order valence-electron chi connectivity index (χ3n) is 7.41. The number of Topliss-reactive ketones (excluding diaryl/α,β-unsaturated/α-hetero) is 1. The molecule has 0 radical (unpaired) electrons. The fourth-order valence-corrected chi connectivity index (χ4v) is 5.39. The summed E-state index contributed by atoms with van der Waals surface area (Å²) in [5.41, 5.74) is 12.2. The number of carbonyl (C=O) groups is 3. The Morgan fingerprint density at radius 3 is 2.48 bits per heavy atom. The highest BCUT2D eigenvalue weighted by Crippen LogP contribution is 2.47. The van der Waals surface area contributed by atoms with E-state index in [9.17, 15) is 14.4 Å². The standard InChI is InChI=1S/C25H31N5O3/c1-24(2,3)30-14-17-12-25(13-20(31)21(17)28-30)6-8-29(9-7-25)23(33)16-5-4-15-10-19(22(26)32)27-18(15)11-16/h4-5,10-11,27-28H,6-9,12-14H2,1-3H3,(H2,26,32). The SMILES string of the molecule is CC(C)(C)N1CC2=C(N1)C(=O)CC1(CCN(C(=O)c3ccc4cc(C(N)=O)[nH]c4c3)CC1)C2. The van der Waals surface area contributed by atoms with Crippen LogP contribution >= 0.6 is 0 Å². The van der Waals surface area contributed by atoms with Crippen LogP contribution in [0.5, 0.6) is 0 Å². The minimum atomic E-state index is -0.524. The molecule has 1 spiro atoms. The minimum Gasteiger partial charge on any atom is -0.364 e. The van der Waals surface area contributed by atoms with Gasteiger partial charge in [-0.3, -0.25) is 14.4 Å². The largest absolute Gasteiger partial charge is 0.364 e. The number of amides is 2. The molecule has 1 aliphatic carbocycles. The van der Waals surface area contributed by atoms with Crippen LogP contribution in [0.15, 0.2) is 35.5 Å². The van der Waals surface area contributed by atoms with Crippen molar-refractivity contribution in [1.29, 1.82) is 0 Å². The molecule has 1 fully saturated rings. The van der Waals surface area contributed by atoms with Crippen molar-refractivity contribution in [1.82, 2.24) is 20.3 Å². The number of primary amides is 1. The van der Waals surface area contributed by atoms with Crippen LogP contribution in [-0.2, 0) is 4.79 Å². The van der Waals surface area contributed by atoms with E-state index in [0.717, 1.165) is 42.4 Å². The first-order valence-electron chi connectivity index (χ1n) is 11.6. The molecular weight excluding hydrogens is 418 g/mol. The highest BCUT2D eigenvalue weighted by Gasteiger charge is 2.46. The molecule has 1 aromatic heterocycles. The lowest BCUT2D eigenvalue weighted by Gasteiger charge is -2.43. The van der Waals surface area contributed by atoms with E-state index >= 15 is 0 Å². The van der Waals surface area contributed by atoms with Gasteiger partial charge in [-0.05, 0) is 69.2 Å². The Balaban J connectivity index is 1.27. The summed E-state index contributed by atoms with van der Waals surface area (Å²) in [6.07, 6.45) is 3.11. The maximum absolute atomic E-state index is 13.2. The van der Waals surface area contributed by atoms with Gasteiger partial charge in [-0.1, -0.05) is 6.07 Å². The molecule has 4 N–H and O–H groups in total. The highest BCUT2D eigenvalue weighted by molar-refractivity contribution is 6.01. The monoisotopic (exact) mass is 449 g/mol. The van der Waals surface area contributed by atoms with Gasteiger partial charge in [0.1, 0.15) is 5.69 Å². The smallest absolute Gasteiger partial charge is 0.265 e. The van der Waals surface area contributed by atoms with Gasteiger partial charge >= 0.3 is 0 Å². The number of nitrogens with two attached hydrogens (primary N) is 1. The number of ketones is 1. The van der Waals surface area contributed by atoms with Crippen LogP contribution in [0.3, 0.4) is 0 Å². The summed E-state index contributed by atoms with van der Waals surface area (Å²) in [6.45, 7) is 8.48. The number of nitrogens with one attached hydrogen (secondary N) is 2. The van der Waals surface area contributed by atoms with Gasteiger partial charge in [0.15, 0.2) is 5.78 Å². The number of benzene rings is 1. The Morgan fingerprint density at radius 2 is 1.82 bits per heavy atom. The van der Waals surface area contributed by atoms with Crippen molar-refractivity contribution in [2.75, 3.05) is 19.6 Å². The van der Waals surface area contributed by atoms with Gasteiger partial charge in [0.25, 0.3) is 11.8 Å². The van der Waals surface area contributed by atoms with Gasteiger partial charge in [0, 0.05) is 48.1 Å². The molecule has 8 heteroatoms. The minimum absolute atomic E-state index is 0.0227. The number of aromatic nitrogens is 1. The van der Waals surface area contributed by atoms with Gasteiger partial charge in [0.2, 0.25) is 0 Å². The van der Waals surface area contributed by atoms with Crippen molar-refractivity contribution >= 4 is 28.5 Å². The summed E-state index contributed by atoms with van der Waals surface area (Å²) in [4.78, 5) is 42.4. The van der Waals surface area contributed by atoms with Gasteiger partial charge in [-0.15, -0.1) is 0 Å². The van der Waals surface area contributed by atoms with E-state index in [1.807, 2.05) is 11.0 Å². The topological polar surface area (TPSA) is 112 Å². The number of carbonyl (C=O) groups excluding carboxylic acids is 3. The van der Waals surface area contributed by atoms with E-state index < -0.39 is 5.91 Å². The van der Waals surface area contributed by atoms with Crippen LogP contribution in [0.1, 0.15) is 67.3 Å². The molecule has 33 heavy (non-hydrogen) atoms. The third kappa shape index (κ3) is 3.82. The summed E-state index contributed by atoms with van der Waals surface area (Å²) >= 11 is 0. The Labute approximate surface area is 193 Å². The molecule has 5 rings (SSSR count). The van der Waals surface area contributed by atoms with E-state index in [1.165, 1.54) is 5.57 Å². The first kappa shape index (κ1) is 21.7. The predicted octanol–water partition coefficient (Wildman–Crippen LogP) is 2.72. The number of hydrogen-bond donors (Lipinski definition) is 3. The Kier molecular flexibility index (Phi) is 4.90. The molecule has 0 atom stereocenters. The first-order chi connectivity index (χ1) is 15.5. The second-order valence-electron chi connectivity index (χ2n) is 10.8. The highest BCUT2D eigenvalue weighted by atomic mass is 16.2. The molecule has 174 valence electrons. The number of fused-ring (bicyclic) bond motifs is 1. The molecule has 2 amide bonds. The number of hydrazine groups is 1. The van der Waals surface area contributed by atoms with Crippen molar-refractivity contribution < 1.29 is 14.4 Å². The summed E-state index contributed by atoms with van der Waals surface area (Å²) in [5.74, 6) is -0.348. The lowest BCUT2D eigenvalue weighted by atomic mass is 9.67. The Bertz CT molecular complexity index is 1190. The lowest BCUT2D eigenvalue weighted by molar-refractivity contribution is -0.120. The lowest BCUT2D eigenvalue weighted by Crippen LogP contribution is -2.47. The van der Waals surface area contributed by atoms with Crippen LogP contribution in [-0.4, -0.2) is 57.7 Å². The van der Waals surface area contributed by atoms with Crippen molar-refractivity contribution in [2.24, 2.45) is 11.1 Å². The number of likely N-dealkylation sites (tertiary alicyclic amines) is 1. The number of nitrogens with zero attached hydrogens (tertiary/aromatic N) is 2. The number of H-pyrrole nitrogens is 1. The fourth-order valence-electron chi connectivity index (χ4n) is 5.39. The molecule has 1 saturated heterocycles. The average molecular weight is 450 g/mol. The zero-order chi connectivity index (χ0) is 23.5. The number of aromatic amines is 1. The van der Waals surface area contributed by atoms with E-state index in [4.69, 9.17) is 5.73 Å². The Morgan fingerprint density at radius 1 is 1.09 bits per heavy atom. The van der Waals surface area contributed by atoms with Crippen LogP contribution in [0.4, 0.5) is 0 Å². The summed E-state index contributed by atoms with van der Waals surface area (Å²) < 4.78 is 0. The molecule has 8 nitrogen and oxygen atoms in total. The number of piperidine rings is 1. The molecule has 3 aliphatic rings. The second-order valence-corrected chi connectivity index (χ2v) is 10.8. The molecular formula is C25H31N5O3. The predicted molar refractivity (Wildman–Crippen MR) is 125 cm³/mol. The van der Waals surface area contributed by atoms with Crippen LogP contribution in [0.25, 0.3) is 10.9 Å². The van der Waals surface area contributed by atoms with Gasteiger partial charge in [0.05, 0.1) is 5.70 Å². The Hall–Kier alpha value is -3.13. The van der Waals surface area contributed by atoms with Crippen LogP contribution < -0.4 is 11.2 Å². The van der Waals surface area contributed by atoms with Crippen LogP contribution in [0.2, 0.25) is 0 Å². The zero-order valence-corrected chi connectivity index (χ0v) is 19.5. The number of rotatable bonds is 2. The van der Waals surface area contributed by atoms with E-state index in [0.29, 0.717) is 30.8 Å². The second kappa shape index (κ2) is 7.45. The average Bonchev–Trinajstić information content (AvgIpc) is 3.37.